The molecule has 0 bridgehead atoms. The van der Waals surface area contributed by atoms with Crippen LogP contribution in [0, 0.1) is 0 Å². The number of hydrogen-bond acceptors (Lipinski definition) is 2. The third-order valence-corrected chi connectivity index (χ3v) is 3.41. The molecule has 14 heavy (non-hydrogen) atoms. The van der Waals surface area contributed by atoms with Crippen LogP contribution in [-0.2, 0) is 0 Å². The Kier molecular flexibility index (Phi) is 5.49. The van der Waals surface area contributed by atoms with Crippen LogP contribution in [0.25, 0.3) is 0 Å². The molecule has 1 rings (SSSR count). The molecule has 0 radical (unpaired) electrons. The van der Waals surface area contributed by atoms with Gasteiger partial charge in [-0.05, 0) is 12.8 Å². The maximum absolute atomic E-state index is 9.27. The molecular weight excluding hydrogens is 174 g/mol. The van der Waals surface area contributed by atoms with E-state index in [4.69, 9.17) is 5.73 Å². The summed E-state index contributed by atoms with van der Waals surface area (Å²) in [6, 6.07) is 0. The predicted molar refractivity (Wildman–Crippen MR) is 60.2 cm³/mol. The molecule has 1 saturated carbocycles. The lowest BCUT2D eigenvalue weighted by Gasteiger charge is -2.27. The van der Waals surface area contributed by atoms with E-state index in [-0.39, 0.29) is 12.1 Å². The number of aliphatic hydroxyl groups excluding tert-OH is 1. The van der Waals surface area contributed by atoms with Gasteiger partial charge in [0.2, 0.25) is 0 Å². The highest BCUT2D eigenvalue weighted by Crippen LogP contribution is 2.22. The zero-order chi connectivity index (χ0) is 10.3. The fourth-order valence-corrected chi connectivity index (χ4v) is 2.30. The van der Waals surface area contributed by atoms with Crippen molar-refractivity contribution in [3.63, 3.8) is 0 Å². The molecule has 2 nitrogen and oxygen atoms in total. The van der Waals surface area contributed by atoms with Crippen LogP contribution in [-0.4, -0.2) is 17.3 Å². The molecule has 0 spiro atoms. The molecule has 1 fully saturated rings. The van der Waals surface area contributed by atoms with E-state index in [2.05, 4.69) is 0 Å². The van der Waals surface area contributed by atoms with Crippen LogP contribution in [0.2, 0.25) is 0 Å². The minimum absolute atomic E-state index is 0.160. The Morgan fingerprint density at radius 1 is 0.786 bits per heavy atom. The molecule has 1 aliphatic carbocycles. The number of nitrogens with two attached hydrogens (primary N) is 1. The second-order valence-electron chi connectivity index (χ2n) is 4.85. The summed E-state index contributed by atoms with van der Waals surface area (Å²) in [4.78, 5) is 0. The zero-order valence-electron chi connectivity index (χ0n) is 9.30. The first-order valence-corrected chi connectivity index (χ1v) is 6.17. The second kappa shape index (κ2) is 6.41. The smallest absolute Gasteiger partial charge is 0.0611 e. The molecule has 84 valence electrons. The van der Waals surface area contributed by atoms with Gasteiger partial charge in [-0.2, -0.15) is 0 Å². The van der Waals surface area contributed by atoms with E-state index >= 15 is 0 Å². The fraction of sp³-hybridized carbons (Fsp3) is 1.00. The molecule has 0 saturated heterocycles. The van der Waals surface area contributed by atoms with Crippen molar-refractivity contribution in [2.24, 2.45) is 5.73 Å². The van der Waals surface area contributed by atoms with E-state index in [1.165, 1.54) is 51.4 Å². The van der Waals surface area contributed by atoms with Gasteiger partial charge >= 0.3 is 0 Å². The lowest BCUT2D eigenvalue weighted by atomic mass is 9.89. The molecule has 0 atom stereocenters. The van der Waals surface area contributed by atoms with Crippen molar-refractivity contribution < 1.29 is 5.11 Å². The van der Waals surface area contributed by atoms with E-state index in [0.717, 1.165) is 12.8 Å². The molecule has 3 N–H and O–H groups in total. The van der Waals surface area contributed by atoms with Crippen LogP contribution < -0.4 is 5.73 Å². The van der Waals surface area contributed by atoms with Gasteiger partial charge < -0.3 is 10.8 Å². The summed E-state index contributed by atoms with van der Waals surface area (Å²) in [5.74, 6) is 0. The molecule has 0 aromatic heterocycles. The van der Waals surface area contributed by atoms with Gasteiger partial charge in [0, 0.05) is 5.54 Å². The largest absolute Gasteiger partial charge is 0.394 e. The Balaban J connectivity index is 2.35. The molecule has 0 aliphatic heterocycles. The van der Waals surface area contributed by atoms with Crippen molar-refractivity contribution in [1.29, 1.82) is 0 Å². The van der Waals surface area contributed by atoms with Gasteiger partial charge in [-0.1, -0.05) is 51.4 Å². The maximum atomic E-state index is 9.27. The van der Waals surface area contributed by atoms with Gasteiger partial charge in [0.1, 0.15) is 0 Å². The monoisotopic (exact) mass is 199 g/mol. The molecule has 0 heterocycles. The van der Waals surface area contributed by atoms with E-state index in [1.807, 2.05) is 0 Å². The number of rotatable bonds is 1. The van der Waals surface area contributed by atoms with Crippen LogP contribution in [0.4, 0.5) is 0 Å². The highest BCUT2D eigenvalue weighted by atomic mass is 16.3. The molecule has 1 aliphatic rings. The van der Waals surface area contributed by atoms with E-state index < -0.39 is 0 Å². The van der Waals surface area contributed by atoms with Gasteiger partial charge in [0.25, 0.3) is 0 Å². The quantitative estimate of drug-likeness (QED) is 0.682. The normalized spacial score (nSPS) is 25.3. The lowest BCUT2D eigenvalue weighted by molar-refractivity contribution is 0.172. The van der Waals surface area contributed by atoms with Gasteiger partial charge in [0.05, 0.1) is 6.61 Å². The van der Waals surface area contributed by atoms with E-state index in [0.29, 0.717) is 0 Å². The molecule has 0 amide bonds. The second-order valence-corrected chi connectivity index (χ2v) is 4.85. The SMILES string of the molecule is NC1(CO)CCCCCCCCCC1. The van der Waals surface area contributed by atoms with E-state index in [1.54, 1.807) is 0 Å². The average molecular weight is 199 g/mol. The summed E-state index contributed by atoms with van der Waals surface area (Å²) in [5.41, 5.74) is 5.88. The highest BCUT2D eigenvalue weighted by molar-refractivity contribution is 4.83. The Morgan fingerprint density at radius 2 is 1.14 bits per heavy atom. The Bertz CT molecular complexity index is 135. The summed E-state index contributed by atoms with van der Waals surface area (Å²) in [6.45, 7) is 0.160. The van der Waals surface area contributed by atoms with Crippen molar-refractivity contribution in [1.82, 2.24) is 0 Å². The fourth-order valence-electron chi connectivity index (χ4n) is 2.30. The first-order valence-electron chi connectivity index (χ1n) is 6.17. The van der Waals surface area contributed by atoms with E-state index in [9.17, 15) is 5.11 Å². The minimum atomic E-state index is -0.273. The van der Waals surface area contributed by atoms with Crippen molar-refractivity contribution in [3.8, 4) is 0 Å². The molecule has 2 heteroatoms. The number of aliphatic hydroxyl groups is 1. The van der Waals surface area contributed by atoms with Crippen LogP contribution >= 0.6 is 0 Å². The predicted octanol–water partition coefficient (Wildman–Crippen LogP) is 2.59. The topological polar surface area (TPSA) is 46.2 Å². The van der Waals surface area contributed by atoms with Crippen LogP contribution in [0.15, 0.2) is 0 Å². The average Bonchev–Trinajstić information content (AvgIpc) is 2.24. The van der Waals surface area contributed by atoms with Crippen molar-refractivity contribution in [3.05, 3.63) is 0 Å². The van der Waals surface area contributed by atoms with Crippen LogP contribution in [0.3, 0.4) is 0 Å². The van der Waals surface area contributed by atoms with Gasteiger partial charge in [-0.25, -0.2) is 0 Å². The van der Waals surface area contributed by atoms with Gasteiger partial charge in [0.15, 0.2) is 0 Å². The molecule has 0 aromatic rings. The van der Waals surface area contributed by atoms with Crippen molar-refractivity contribution in [2.75, 3.05) is 6.61 Å². The maximum Gasteiger partial charge on any atom is 0.0611 e. The Labute approximate surface area is 87.9 Å². The van der Waals surface area contributed by atoms with Gasteiger partial charge in [-0.3, -0.25) is 0 Å². The third kappa shape index (κ3) is 4.43. The standard InChI is InChI=1S/C12H25NO/c13-12(11-14)9-7-5-3-1-2-4-6-8-10-12/h14H,1-11,13H2. The highest BCUT2D eigenvalue weighted by Gasteiger charge is 2.22. The summed E-state index contributed by atoms with van der Waals surface area (Å²) >= 11 is 0. The summed E-state index contributed by atoms with van der Waals surface area (Å²) in [7, 11) is 0. The molecular formula is C12H25NO. The Morgan fingerprint density at radius 3 is 1.50 bits per heavy atom. The summed E-state index contributed by atoms with van der Waals surface area (Å²) in [6.07, 6.45) is 12.4. The summed E-state index contributed by atoms with van der Waals surface area (Å²) in [5, 5.41) is 9.27. The first-order chi connectivity index (χ1) is 6.77. The minimum Gasteiger partial charge on any atom is -0.394 e. The Hall–Kier alpha value is -0.0800. The van der Waals surface area contributed by atoms with Crippen molar-refractivity contribution in [2.45, 2.75) is 69.7 Å². The molecule has 0 unspecified atom stereocenters. The van der Waals surface area contributed by atoms with Crippen molar-refractivity contribution >= 4 is 0 Å². The third-order valence-electron chi connectivity index (χ3n) is 3.41. The van der Waals surface area contributed by atoms with Crippen LogP contribution in [0.5, 0.6) is 0 Å². The first kappa shape index (κ1) is 12.0. The van der Waals surface area contributed by atoms with Crippen LogP contribution in [0.1, 0.15) is 64.2 Å². The zero-order valence-corrected chi connectivity index (χ0v) is 9.30. The summed E-state index contributed by atoms with van der Waals surface area (Å²) < 4.78 is 0. The number of hydrogen-bond donors (Lipinski definition) is 2. The lowest BCUT2D eigenvalue weighted by Crippen LogP contribution is -2.43. The molecule has 0 aromatic carbocycles. The van der Waals surface area contributed by atoms with Gasteiger partial charge in [-0.15, -0.1) is 0 Å².